The summed E-state index contributed by atoms with van der Waals surface area (Å²) in [5.41, 5.74) is 5.58. The molecule has 2 amide bonds. The van der Waals surface area contributed by atoms with Crippen molar-refractivity contribution in [2.45, 2.75) is 38.3 Å². The van der Waals surface area contributed by atoms with Gasteiger partial charge >= 0.3 is 6.03 Å². The average Bonchev–Trinajstić information content (AvgIpc) is 3.19. The van der Waals surface area contributed by atoms with Gasteiger partial charge in [-0.25, -0.2) is 9.18 Å². The van der Waals surface area contributed by atoms with E-state index in [0.29, 0.717) is 29.1 Å². The van der Waals surface area contributed by atoms with Gasteiger partial charge in [-0.2, -0.15) is 4.98 Å². The number of benzene rings is 2. The lowest BCUT2D eigenvalue weighted by Gasteiger charge is -2.39. The Kier molecular flexibility index (Phi) is 7.06. The van der Waals surface area contributed by atoms with Crippen molar-refractivity contribution in [3.63, 3.8) is 0 Å². The van der Waals surface area contributed by atoms with Crippen molar-refractivity contribution in [2.24, 2.45) is 5.73 Å². The van der Waals surface area contributed by atoms with Gasteiger partial charge in [0.15, 0.2) is 0 Å². The van der Waals surface area contributed by atoms with E-state index in [2.05, 4.69) is 22.1 Å². The van der Waals surface area contributed by atoms with E-state index in [1.807, 2.05) is 30.3 Å². The summed E-state index contributed by atoms with van der Waals surface area (Å²) in [4.78, 5) is 17.7. The van der Waals surface area contributed by atoms with Crippen molar-refractivity contribution in [1.82, 2.24) is 15.2 Å². The molecule has 170 valence electrons. The van der Waals surface area contributed by atoms with Crippen molar-refractivity contribution in [3.8, 4) is 16.7 Å². The zero-order chi connectivity index (χ0) is 22.5. The second-order valence-corrected chi connectivity index (χ2v) is 8.81. The van der Waals surface area contributed by atoms with Gasteiger partial charge in [0, 0.05) is 25.2 Å². The number of rotatable bonds is 8. The number of primary amides is 1. The number of urea groups is 1. The lowest BCUT2D eigenvalue weighted by Crippen LogP contribution is -2.51. The summed E-state index contributed by atoms with van der Waals surface area (Å²) in [6, 6.07) is 12.3. The number of para-hydroxylation sites is 1. The van der Waals surface area contributed by atoms with Gasteiger partial charge < -0.3 is 20.5 Å². The second-order valence-electron chi connectivity index (χ2n) is 7.82. The van der Waals surface area contributed by atoms with Gasteiger partial charge in [0.2, 0.25) is 0 Å². The number of thiazole rings is 1. The highest BCUT2D eigenvalue weighted by molar-refractivity contribution is 7.20. The first kappa shape index (κ1) is 22.3. The van der Waals surface area contributed by atoms with Gasteiger partial charge in [-0.05, 0) is 55.7 Å². The first-order valence-electron chi connectivity index (χ1n) is 10.8. The highest BCUT2D eigenvalue weighted by Gasteiger charge is 2.27. The van der Waals surface area contributed by atoms with Crippen LogP contribution in [-0.2, 0) is 0 Å². The standard InChI is InChI=1S/C23H27FN4O3S/c1-2-16-14-15(26-22(25)29)10-11-28(16)12-13-30-17-6-8-18(9-7-17)31-23-27-21-19(24)4-3-5-20(21)32-23/h3-9,15-16H,2,10-14H2,1H3,(H3,25,26,29)/t15-,16?/m0/s1. The van der Waals surface area contributed by atoms with Crippen LogP contribution in [0, 0.1) is 5.82 Å². The molecule has 1 aromatic heterocycles. The molecule has 7 nitrogen and oxygen atoms in total. The number of fused-ring (bicyclic) bond motifs is 1. The molecular weight excluding hydrogens is 431 g/mol. The van der Waals surface area contributed by atoms with E-state index in [0.717, 1.165) is 42.8 Å². The zero-order valence-corrected chi connectivity index (χ0v) is 18.7. The van der Waals surface area contributed by atoms with Gasteiger partial charge in [-0.1, -0.05) is 24.3 Å². The average molecular weight is 459 g/mol. The van der Waals surface area contributed by atoms with Crippen LogP contribution in [0.5, 0.6) is 16.7 Å². The van der Waals surface area contributed by atoms with Gasteiger partial charge in [0.1, 0.15) is 29.4 Å². The zero-order valence-electron chi connectivity index (χ0n) is 17.9. The molecule has 0 radical (unpaired) electrons. The molecule has 0 aliphatic carbocycles. The minimum atomic E-state index is -0.454. The highest BCUT2D eigenvalue weighted by Crippen LogP contribution is 2.33. The number of nitrogens with zero attached hydrogens (tertiary/aromatic N) is 2. The van der Waals surface area contributed by atoms with E-state index in [1.165, 1.54) is 17.4 Å². The van der Waals surface area contributed by atoms with E-state index < -0.39 is 6.03 Å². The number of amides is 2. The van der Waals surface area contributed by atoms with Crippen LogP contribution in [0.3, 0.4) is 0 Å². The predicted octanol–water partition coefficient (Wildman–Crippen LogP) is 4.52. The summed E-state index contributed by atoms with van der Waals surface area (Å²) >= 11 is 1.31. The molecule has 2 heterocycles. The molecule has 9 heteroatoms. The van der Waals surface area contributed by atoms with Crippen LogP contribution in [0.2, 0.25) is 0 Å². The molecule has 0 spiro atoms. The number of halogens is 1. The monoisotopic (exact) mass is 458 g/mol. The van der Waals surface area contributed by atoms with Gasteiger partial charge in [-0.15, -0.1) is 0 Å². The first-order chi connectivity index (χ1) is 15.5. The summed E-state index contributed by atoms with van der Waals surface area (Å²) in [5.74, 6) is 1.02. The molecule has 1 aliphatic rings. The van der Waals surface area contributed by atoms with Crippen LogP contribution in [-0.4, -0.2) is 47.7 Å². The molecular formula is C23H27FN4O3S. The molecule has 1 fully saturated rings. The number of hydrogen-bond donors (Lipinski definition) is 2. The SMILES string of the molecule is CCC1C[C@@H](NC(N)=O)CCN1CCOc1ccc(Oc2nc3c(F)cccc3s2)cc1. The minimum Gasteiger partial charge on any atom is -0.492 e. The van der Waals surface area contributed by atoms with Crippen LogP contribution in [0.25, 0.3) is 10.2 Å². The normalized spacial score (nSPS) is 19.1. The fraction of sp³-hybridized carbons (Fsp3) is 0.391. The van der Waals surface area contributed by atoms with Crippen molar-refractivity contribution in [2.75, 3.05) is 19.7 Å². The molecule has 32 heavy (non-hydrogen) atoms. The fourth-order valence-electron chi connectivity index (χ4n) is 4.07. The van der Waals surface area contributed by atoms with Crippen LogP contribution in [0.15, 0.2) is 42.5 Å². The lowest BCUT2D eigenvalue weighted by atomic mass is 9.95. The Hall–Kier alpha value is -2.91. The van der Waals surface area contributed by atoms with Crippen LogP contribution < -0.4 is 20.5 Å². The highest BCUT2D eigenvalue weighted by atomic mass is 32.1. The Bertz CT molecular complexity index is 1060. The maximum atomic E-state index is 13.8. The molecule has 3 N–H and O–H groups in total. The molecule has 1 aliphatic heterocycles. The van der Waals surface area contributed by atoms with Gasteiger partial charge in [0.25, 0.3) is 5.19 Å². The van der Waals surface area contributed by atoms with Crippen LogP contribution in [0.4, 0.5) is 9.18 Å². The number of carbonyl (C=O) groups is 1. The van der Waals surface area contributed by atoms with Crippen LogP contribution >= 0.6 is 11.3 Å². The first-order valence-corrected chi connectivity index (χ1v) is 11.6. The third-order valence-corrected chi connectivity index (χ3v) is 6.58. The molecule has 0 saturated carbocycles. The number of carbonyl (C=O) groups excluding carboxylic acids is 1. The van der Waals surface area contributed by atoms with E-state index in [4.69, 9.17) is 15.2 Å². The van der Waals surface area contributed by atoms with Crippen molar-refractivity contribution < 1.29 is 18.7 Å². The van der Waals surface area contributed by atoms with E-state index in [-0.39, 0.29) is 11.9 Å². The van der Waals surface area contributed by atoms with Gasteiger partial charge in [0.05, 0.1) is 4.70 Å². The third kappa shape index (κ3) is 5.46. The number of likely N-dealkylation sites (tertiary alicyclic amines) is 1. The lowest BCUT2D eigenvalue weighted by molar-refractivity contribution is 0.104. The molecule has 2 atom stereocenters. The van der Waals surface area contributed by atoms with Crippen LogP contribution in [0.1, 0.15) is 26.2 Å². The number of nitrogens with two attached hydrogens (primary N) is 1. The number of piperidine rings is 1. The Balaban J connectivity index is 1.26. The van der Waals surface area contributed by atoms with Crippen molar-refractivity contribution >= 4 is 27.6 Å². The maximum Gasteiger partial charge on any atom is 0.312 e. The Labute approximate surface area is 190 Å². The summed E-state index contributed by atoms with van der Waals surface area (Å²) in [6.45, 7) is 4.45. The molecule has 1 unspecified atom stereocenters. The Morgan fingerprint density at radius 1 is 1.28 bits per heavy atom. The predicted molar refractivity (Wildman–Crippen MR) is 123 cm³/mol. The molecule has 4 rings (SSSR count). The minimum absolute atomic E-state index is 0.147. The quantitative estimate of drug-likeness (QED) is 0.518. The summed E-state index contributed by atoms with van der Waals surface area (Å²) in [5, 5.41) is 3.23. The summed E-state index contributed by atoms with van der Waals surface area (Å²) < 4.78 is 26.2. The maximum absolute atomic E-state index is 13.8. The van der Waals surface area contributed by atoms with Gasteiger partial charge in [-0.3, -0.25) is 4.90 Å². The van der Waals surface area contributed by atoms with Crippen molar-refractivity contribution in [1.29, 1.82) is 0 Å². The topological polar surface area (TPSA) is 89.7 Å². The number of aromatic nitrogens is 1. The van der Waals surface area contributed by atoms with E-state index in [1.54, 1.807) is 6.07 Å². The van der Waals surface area contributed by atoms with E-state index in [9.17, 15) is 9.18 Å². The largest absolute Gasteiger partial charge is 0.492 e. The van der Waals surface area contributed by atoms with E-state index >= 15 is 0 Å². The number of ether oxygens (including phenoxy) is 2. The molecule has 1 saturated heterocycles. The molecule has 3 aromatic rings. The molecule has 2 aromatic carbocycles. The van der Waals surface area contributed by atoms with Crippen molar-refractivity contribution in [3.05, 3.63) is 48.3 Å². The second kappa shape index (κ2) is 10.1. The third-order valence-electron chi connectivity index (χ3n) is 5.68. The number of hydrogen-bond acceptors (Lipinski definition) is 6. The number of nitrogens with one attached hydrogen (secondary N) is 1. The summed E-state index contributed by atoms with van der Waals surface area (Å²) in [6.07, 6.45) is 2.81. The molecule has 0 bridgehead atoms. The summed E-state index contributed by atoms with van der Waals surface area (Å²) in [7, 11) is 0. The Morgan fingerprint density at radius 3 is 2.78 bits per heavy atom. The smallest absolute Gasteiger partial charge is 0.312 e. The Morgan fingerprint density at radius 2 is 2.06 bits per heavy atom. The fourth-order valence-corrected chi connectivity index (χ4v) is 4.92.